The van der Waals surface area contributed by atoms with Crippen LogP contribution in [0.25, 0.3) is 71.6 Å². The minimum absolute atomic E-state index is 1.11. The smallest absolute Gasteiger partial charge is 0.0547 e. The first kappa shape index (κ1) is 31.6. The zero-order chi connectivity index (χ0) is 35.8. The summed E-state index contributed by atoms with van der Waals surface area (Å²) in [6.07, 6.45) is 0. The third-order valence-electron chi connectivity index (χ3n) is 10.5. The molecule has 0 unspecified atom stereocenters. The first-order valence-electron chi connectivity index (χ1n) is 18.5. The normalized spacial score (nSPS) is 11.3. The highest BCUT2D eigenvalue weighted by molar-refractivity contribution is 6.15. The molecule has 0 aliphatic rings. The van der Waals surface area contributed by atoms with Crippen molar-refractivity contribution in [3.05, 3.63) is 218 Å². The molecule has 54 heavy (non-hydrogen) atoms. The Morgan fingerprint density at radius 1 is 0.315 bits per heavy atom. The first-order valence-corrected chi connectivity index (χ1v) is 18.5. The number of nitrogens with zero attached hydrogens (tertiary/aromatic N) is 2. The Bertz CT molecular complexity index is 2920. The number of para-hydroxylation sites is 2. The second-order valence-electron chi connectivity index (χ2n) is 13.8. The fourth-order valence-electron chi connectivity index (χ4n) is 8.00. The van der Waals surface area contributed by atoms with Crippen molar-refractivity contribution >= 4 is 49.6 Å². The van der Waals surface area contributed by atoms with E-state index in [2.05, 4.69) is 228 Å². The molecular weight excluding hydrogens is 653 g/mol. The Morgan fingerprint density at radius 2 is 0.889 bits per heavy atom. The van der Waals surface area contributed by atoms with Gasteiger partial charge in [0.15, 0.2) is 0 Å². The Hall–Kier alpha value is -7.16. The molecule has 9 aromatic carbocycles. The van der Waals surface area contributed by atoms with Crippen LogP contribution in [0.2, 0.25) is 0 Å². The van der Waals surface area contributed by atoms with Gasteiger partial charge in [-0.3, -0.25) is 0 Å². The average molecular weight is 689 g/mol. The van der Waals surface area contributed by atoms with Crippen molar-refractivity contribution in [3.8, 4) is 39.1 Å². The standard InChI is InChI=1S/C52H36N2/c1-3-14-37(15-4-1)39-28-31-45(32-29-39)53(47-33-30-38-16-7-8-17-41(38)35-47)46-23-12-19-42(36-46)40-18-11-20-43(34-40)48-25-13-27-51-52(48)49-24-9-10-26-50(49)54(51)44-21-5-2-6-22-44/h1-36H. The van der Waals surface area contributed by atoms with E-state index in [0.29, 0.717) is 0 Å². The zero-order valence-corrected chi connectivity index (χ0v) is 29.7. The Labute approximate surface area is 315 Å². The maximum atomic E-state index is 2.38. The van der Waals surface area contributed by atoms with E-state index in [1.165, 1.54) is 66.0 Å². The molecule has 0 aliphatic carbocycles. The van der Waals surface area contributed by atoms with Crippen LogP contribution in [0.3, 0.4) is 0 Å². The summed E-state index contributed by atoms with van der Waals surface area (Å²) < 4.78 is 2.38. The van der Waals surface area contributed by atoms with E-state index < -0.39 is 0 Å². The van der Waals surface area contributed by atoms with Crippen LogP contribution < -0.4 is 4.90 Å². The average Bonchev–Trinajstić information content (AvgIpc) is 3.59. The highest BCUT2D eigenvalue weighted by Crippen LogP contribution is 2.41. The number of benzene rings is 9. The van der Waals surface area contributed by atoms with E-state index in [4.69, 9.17) is 0 Å². The van der Waals surface area contributed by atoms with Crippen molar-refractivity contribution < 1.29 is 0 Å². The van der Waals surface area contributed by atoms with Gasteiger partial charge in [-0.2, -0.15) is 0 Å². The molecule has 10 aromatic rings. The van der Waals surface area contributed by atoms with Gasteiger partial charge in [0.1, 0.15) is 0 Å². The molecule has 0 radical (unpaired) electrons. The van der Waals surface area contributed by atoms with Crippen molar-refractivity contribution in [3.63, 3.8) is 0 Å². The molecule has 0 N–H and O–H groups in total. The lowest BCUT2D eigenvalue weighted by molar-refractivity contribution is 1.18. The topological polar surface area (TPSA) is 8.17 Å². The molecule has 10 rings (SSSR count). The van der Waals surface area contributed by atoms with Crippen molar-refractivity contribution in [1.82, 2.24) is 4.57 Å². The molecule has 0 amide bonds. The van der Waals surface area contributed by atoms with Crippen LogP contribution >= 0.6 is 0 Å². The summed E-state index contributed by atoms with van der Waals surface area (Å²) in [5.41, 5.74) is 14.1. The molecule has 0 atom stereocenters. The number of rotatable bonds is 7. The summed E-state index contributed by atoms with van der Waals surface area (Å²) in [5, 5.41) is 4.97. The van der Waals surface area contributed by atoms with Gasteiger partial charge in [0.2, 0.25) is 0 Å². The molecule has 254 valence electrons. The summed E-state index contributed by atoms with van der Waals surface area (Å²) in [6.45, 7) is 0. The molecule has 0 fully saturated rings. The van der Waals surface area contributed by atoms with Crippen molar-refractivity contribution in [1.29, 1.82) is 0 Å². The summed E-state index contributed by atoms with van der Waals surface area (Å²) in [5.74, 6) is 0. The van der Waals surface area contributed by atoms with Crippen LogP contribution in [-0.2, 0) is 0 Å². The monoisotopic (exact) mass is 688 g/mol. The number of hydrogen-bond acceptors (Lipinski definition) is 1. The summed E-state index contributed by atoms with van der Waals surface area (Å²) >= 11 is 0. The van der Waals surface area contributed by atoms with Gasteiger partial charge in [0.25, 0.3) is 0 Å². The first-order chi connectivity index (χ1) is 26.8. The van der Waals surface area contributed by atoms with Crippen LogP contribution in [0.15, 0.2) is 218 Å². The lowest BCUT2D eigenvalue weighted by Crippen LogP contribution is -2.10. The molecule has 0 spiro atoms. The van der Waals surface area contributed by atoms with Gasteiger partial charge in [-0.15, -0.1) is 0 Å². The summed E-state index contributed by atoms with van der Waals surface area (Å²) in [6, 6.07) is 78.9. The molecule has 0 saturated heterocycles. The number of aromatic nitrogens is 1. The number of fused-ring (bicyclic) bond motifs is 4. The third kappa shape index (κ3) is 5.62. The lowest BCUT2D eigenvalue weighted by Gasteiger charge is -2.26. The maximum Gasteiger partial charge on any atom is 0.0547 e. The predicted molar refractivity (Wildman–Crippen MR) is 229 cm³/mol. The lowest BCUT2D eigenvalue weighted by atomic mass is 9.95. The maximum absolute atomic E-state index is 2.38. The predicted octanol–water partition coefficient (Wildman–Crippen LogP) is 14.4. The van der Waals surface area contributed by atoms with Gasteiger partial charge < -0.3 is 9.47 Å². The zero-order valence-electron chi connectivity index (χ0n) is 29.7. The third-order valence-corrected chi connectivity index (χ3v) is 10.5. The highest BCUT2D eigenvalue weighted by atomic mass is 15.1. The van der Waals surface area contributed by atoms with E-state index in [1.54, 1.807) is 0 Å². The fourth-order valence-corrected chi connectivity index (χ4v) is 8.00. The highest BCUT2D eigenvalue weighted by Gasteiger charge is 2.18. The fraction of sp³-hybridized carbons (Fsp3) is 0. The Morgan fingerprint density at radius 3 is 1.72 bits per heavy atom. The van der Waals surface area contributed by atoms with Crippen LogP contribution in [-0.4, -0.2) is 4.57 Å². The molecule has 1 heterocycles. The van der Waals surface area contributed by atoms with Crippen LogP contribution in [0, 0.1) is 0 Å². The molecule has 2 heteroatoms. The largest absolute Gasteiger partial charge is 0.310 e. The number of anilines is 3. The van der Waals surface area contributed by atoms with Crippen LogP contribution in [0.5, 0.6) is 0 Å². The van der Waals surface area contributed by atoms with E-state index in [1.807, 2.05) is 0 Å². The van der Waals surface area contributed by atoms with Crippen molar-refractivity contribution in [2.45, 2.75) is 0 Å². The van der Waals surface area contributed by atoms with E-state index in [0.717, 1.165) is 22.7 Å². The van der Waals surface area contributed by atoms with Gasteiger partial charge in [-0.25, -0.2) is 0 Å². The molecule has 2 nitrogen and oxygen atoms in total. The minimum atomic E-state index is 1.11. The second kappa shape index (κ2) is 13.4. The number of hydrogen-bond donors (Lipinski definition) is 0. The van der Waals surface area contributed by atoms with Crippen LogP contribution in [0.4, 0.5) is 17.1 Å². The summed E-state index contributed by atoms with van der Waals surface area (Å²) in [7, 11) is 0. The quantitative estimate of drug-likeness (QED) is 0.162. The summed E-state index contributed by atoms with van der Waals surface area (Å²) in [4.78, 5) is 2.37. The van der Waals surface area contributed by atoms with E-state index in [-0.39, 0.29) is 0 Å². The second-order valence-corrected chi connectivity index (χ2v) is 13.8. The Balaban J connectivity index is 1.09. The van der Waals surface area contributed by atoms with Gasteiger partial charge >= 0.3 is 0 Å². The minimum Gasteiger partial charge on any atom is -0.310 e. The van der Waals surface area contributed by atoms with Gasteiger partial charge in [0, 0.05) is 33.5 Å². The van der Waals surface area contributed by atoms with Gasteiger partial charge in [0.05, 0.1) is 11.0 Å². The van der Waals surface area contributed by atoms with Gasteiger partial charge in [-0.1, -0.05) is 152 Å². The van der Waals surface area contributed by atoms with E-state index >= 15 is 0 Å². The molecule has 0 aliphatic heterocycles. The molecular formula is C52H36N2. The van der Waals surface area contributed by atoms with Gasteiger partial charge in [-0.05, 0) is 111 Å². The SMILES string of the molecule is c1ccc(-c2ccc(N(c3cccc(-c4cccc(-c5cccc6c5c5ccccc5n6-c5ccccc5)c4)c3)c3ccc4ccccc4c3)cc2)cc1. The molecule has 0 bridgehead atoms. The van der Waals surface area contributed by atoms with E-state index in [9.17, 15) is 0 Å². The van der Waals surface area contributed by atoms with Crippen molar-refractivity contribution in [2.24, 2.45) is 0 Å². The van der Waals surface area contributed by atoms with Crippen molar-refractivity contribution in [2.75, 3.05) is 4.90 Å². The Kier molecular flexibility index (Phi) is 7.85. The van der Waals surface area contributed by atoms with Crippen LogP contribution in [0.1, 0.15) is 0 Å². The molecule has 1 aromatic heterocycles. The molecule has 0 saturated carbocycles.